The fraction of sp³-hybridized carbons (Fsp3) is 0.397. The Labute approximate surface area is 601 Å². The molecule has 3 saturated heterocycles. The highest BCUT2D eigenvalue weighted by molar-refractivity contribution is 8.13. The standard InChI is InChI=1S/C26H32N4O5S.C21H24N4O3S.C17H23N3O2.C9H10ClNO3S/c1-26(2,3)35-25(31)29-14-12-28(13-15-29)21-6-5-7-22-20(21)10-11-30(22)36(32,33)19-8-9-23-24(18-19)34-17-16-27(23)4;1-23-13-14-28-21-15-16(5-6-20(21)23)29(26,27)25-10-7-17-18(3-2-4-19(17)25)24-11-8-22-9-12-24;1-17(2,3)22-16(21)20-11-9-19(10-12-20)15-6-4-5-14-13(15)7-8-18-14;1-11-4-5-14-9-6-7(15(10,12)13)2-3-8(9)11/h5-11,18H,12-17H2,1-4H3;2-7,10,15,22H,8-9,11-14H2,1H3;4-8,18H,9-12H2,1-3H3;2-3,6H,4-5H2,1H3. The van der Waals surface area contributed by atoms with Gasteiger partial charge in [-0.3, -0.25) is 0 Å². The second-order valence-electron chi connectivity index (χ2n) is 27.7. The Morgan fingerprint density at radius 1 is 0.431 bits per heavy atom. The summed E-state index contributed by atoms with van der Waals surface area (Å²) in [6.07, 6.45) is 4.70. The van der Waals surface area contributed by atoms with E-state index in [9.17, 15) is 34.8 Å². The van der Waals surface area contributed by atoms with Gasteiger partial charge in [0.1, 0.15) is 48.3 Å². The van der Waals surface area contributed by atoms with Crippen molar-refractivity contribution < 1.29 is 58.5 Å². The van der Waals surface area contributed by atoms with Crippen LogP contribution < -0.4 is 48.9 Å². The lowest BCUT2D eigenvalue weighted by Crippen LogP contribution is -2.50. The number of amides is 2. The molecule has 0 radical (unpaired) electrons. The summed E-state index contributed by atoms with van der Waals surface area (Å²) in [5.74, 6) is 1.74. The third-order valence-electron chi connectivity index (χ3n) is 18.4. The number of rotatable bonds is 8. The number of nitrogens with zero attached hydrogens (tertiary/aromatic N) is 10. The van der Waals surface area contributed by atoms with Crippen molar-refractivity contribution in [2.45, 2.75) is 67.4 Å². The van der Waals surface area contributed by atoms with Crippen molar-refractivity contribution in [3.63, 3.8) is 0 Å². The number of carbonyl (C=O) groups excluding carboxylic acids is 2. The van der Waals surface area contributed by atoms with E-state index in [4.69, 9.17) is 34.4 Å². The molecule has 3 aromatic heterocycles. The molecular formula is C73H89ClN12O13S3. The van der Waals surface area contributed by atoms with Gasteiger partial charge in [0.05, 0.1) is 62.4 Å². The second kappa shape index (κ2) is 29.6. The Hall–Kier alpha value is -9.22. The molecule has 25 nitrogen and oxygen atoms in total. The molecule has 15 rings (SSSR count). The van der Waals surface area contributed by atoms with E-state index in [2.05, 4.69) is 65.1 Å². The quantitative estimate of drug-likeness (QED) is 0.134. The first-order valence-electron chi connectivity index (χ1n) is 34.1. The van der Waals surface area contributed by atoms with E-state index < -0.39 is 40.3 Å². The lowest BCUT2D eigenvalue weighted by atomic mass is 10.1. The van der Waals surface area contributed by atoms with E-state index in [0.717, 1.165) is 104 Å². The SMILES string of the molecule is CC(C)(C)OC(=O)N1CCN(c2cccc3[nH]ccc23)CC1.CN1CCOc2cc(S(=O)(=O)Cl)ccc21.CN1CCOc2cc(S(=O)(=O)n3ccc4c(N5CCN(C(=O)OC(C)(C)C)CC5)cccc43)ccc21.CN1CCOc2cc(S(=O)(=O)n3ccc4c(N5CCNCC5)cccc43)ccc21. The van der Waals surface area contributed by atoms with Crippen molar-refractivity contribution in [3.05, 3.63) is 146 Å². The molecule has 6 aliphatic heterocycles. The van der Waals surface area contributed by atoms with Crippen LogP contribution in [0, 0.1) is 0 Å². The Bertz CT molecular complexity index is 4900. The highest BCUT2D eigenvalue weighted by atomic mass is 35.7. The molecule has 9 aromatic rings. The molecule has 544 valence electrons. The second-order valence-corrected chi connectivity index (χ2v) is 33.8. The van der Waals surface area contributed by atoms with Crippen LogP contribution in [0.3, 0.4) is 0 Å². The van der Waals surface area contributed by atoms with Crippen LogP contribution in [0.1, 0.15) is 41.5 Å². The zero-order valence-corrected chi connectivity index (χ0v) is 62.2. The third kappa shape index (κ3) is 16.0. The summed E-state index contributed by atoms with van der Waals surface area (Å²) in [7, 11) is -0.133. The average molecular weight is 1470 g/mol. The predicted octanol–water partition coefficient (Wildman–Crippen LogP) is 10.5. The summed E-state index contributed by atoms with van der Waals surface area (Å²) in [6, 6.07) is 38.4. The lowest BCUT2D eigenvalue weighted by Gasteiger charge is -2.37. The van der Waals surface area contributed by atoms with Gasteiger partial charge in [0.25, 0.3) is 29.1 Å². The molecule has 2 amide bonds. The molecule has 0 aliphatic carbocycles. The van der Waals surface area contributed by atoms with Crippen molar-refractivity contribution in [2.24, 2.45) is 0 Å². The number of ether oxygens (including phenoxy) is 5. The minimum atomic E-state index is -3.83. The minimum Gasteiger partial charge on any atom is -0.490 e. The van der Waals surface area contributed by atoms with Crippen molar-refractivity contribution in [1.82, 2.24) is 28.0 Å². The van der Waals surface area contributed by atoms with Gasteiger partial charge < -0.3 is 73.2 Å². The largest absolute Gasteiger partial charge is 0.490 e. The molecule has 0 saturated carbocycles. The van der Waals surface area contributed by atoms with Crippen LogP contribution in [0.4, 0.5) is 43.7 Å². The van der Waals surface area contributed by atoms with Gasteiger partial charge in [0.15, 0.2) is 0 Å². The maximum atomic E-state index is 13.6. The van der Waals surface area contributed by atoms with Crippen LogP contribution >= 0.6 is 10.7 Å². The zero-order chi connectivity index (χ0) is 72.5. The van der Waals surface area contributed by atoms with E-state index in [1.807, 2.05) is 122 Å². The minimum absolute atomic E-state index is 0.0678. The first-order valence-corrected chi connectivity index (χ1v) is 39.3. The Kier molecular flexibility index (Phi) is 21.1. The van der Waals surface area contributed by atoms with Gasteiger partial charge in [0, 0.05) is 186 Å². The predicted molar refractivity (Wildman–Crippen MR) is 401 cm³/mol. The van der Waals surface area contributed by atoms with Crippen LogP contribution in [-0.4, -0.2) is 211 Å². The molecule has 2 N–H and O–H groups in total. The fourth-order valence-electron chi connectivity index (χ4n) is 13.1. The van der Waals surface area contributed by atoms with Crippen LogP contribution in [-0.2, 0) is 38.6 Å². The molecule has 102 heavy (non-hydrogen) atoms. The van der Waals surface area contributed by atoms with Crippen LogP contribution in [0.5, 0.6) is 17.2 Å². The van der Waals surface area contributed by atoms with Gasteiger partial charge in [0.2, 0.25) is 0 Å². The number of carbonyl (C=O) groups is 2. The van der Waals surface area contributed by atoms with Gasteiger partial charge in [-0.25, -0.2) is 42.8 Å². The molecule has 6 aromatic carbocycles. The normalized spacial score (nSPS) is 16.6. The van der Waals surface area contributed by atoms with Gasteiger partial charge >= 0.3 is 12.2 Å². The van der Waals surface area contributed by atoms with Gasteiger partial charge in [-0.2, -0.15) is 0 Å². The summed E-state index contributed by atoms with van der Waals surface area (Å²) >= 11 is 0. The first-order chi connectivity index (χ1) is 48.5. The Morgan fingerprint density at radius 3 is 1.21 bits per heavy atom. The van der Waals surface area contributed by atoms with E-state index >= 15 is 0 Å². The number of aromatic nitrogens is 3. The number of halogens is 1. The number of fused-ring (bicyclic) bond motifs is 6. The van der Waals surface area contributed by atoms with Gasteiger partial charge in [-0.1, -0.05) is 18.2 Å². The van der Waals surface area contributed by atoms with Crippen molar-refractivity contribution in [1.29, 1.82) is 0 Å². The van der Waals surface area contributed by atoms with E-state index in [1.165, 1.54) is 31.2 Å². The average Bonchev–Trinajstić information content (AvgIpc) is 1.58. The molecule has 6 aliphatic rings. The molecular weight excluding hydrogens is 1380 g/mol. The van der Waals surface area contributed by atoms with Gasteiger partial charge in [-0.15, -0.1) is 0 Å². The van der Waals surface area contributed by atoms with Crippen LogP contribution in [0.15, 0.2) is 161 Å². The van der Waals surface area contributed by atoms with Crippen molar-refractivity contribution in [2.75, 3.05) is 169 Å². The molecule has 29 heteroatoms. The summed E-state index contributed by atoms with van der Waals surface area (Å²) < 4.78 is 107. The number of nitrogens with one attached hydrogen (secondary N) is 2. The highest BCUT2D eigenvalue weighted by Crippen LogP contribution is 2.39. The maximum Gasteiger partial charge on any atom is 0.410 e. The Morgan fingerprint density at radius 2 is 0.804 bits per heavy atom. The summed E-state index contributed by atoms with van der Waals surface area (Å²) in [5.41, 5.74) is 7.39. The molecule has 0 spiro atoms. The number of aromatic amines is 1. The smallest absolute Gasteiger partial charge is 0.410 e. The monoisotopic (exact) mass is 1470 g/mol. The van der Waals surface area contributed by atoms with Crippen LogP contribution in [0.2, 0.25) is 0 Å². The molecule has 0 unspecified atom stereocenters. The topological polar surface area (TPSA) is 246 Å². The van der Waals surface area contributed by atoms with Gasteiger partial charge in [-0.05, 0) is 133 Å². The molecule has 3 fully saturated rings. The maximum absolute atomic E-state index is 13.6. The number of benzene rings is 6. The van der Waals surface area contributed by atoms with E-state index in [-0.39, 0.29) is 26.9 Å². The Balaban J connectivity index is 0.000000134. The number of piperazine rings is 3. The number of H-pyrrole nitrogens is 1. The zero-order valence-electron chi connectivity index (χ0n) is 59.0. The fourth-order valence-corrected chi connectivity index (χ4v) is 16.6. The highest BCUT2D eigenvalue weighted by Gasteiger charge is 2.32. The lowest BCUT2D eigenvalue weighted by molar-refractivity contribution is 0.0230. The first kappa shape index (κ1) is 72.6. The molecule has 0 atom stereocenters. The van der Waals surface area contributed by atoms with Crippen molar-refractivity contribution in [3.8, 4) is 17.2 Å². The van der Waals surface area contributed by atoms with E-state index in [1.54, 1.807) is 58.6 Å². The van der Waals surface area contributed by atoms with Crippen molar-refractivity contribution >= 4 is 119 Å². The summed E-state index contributed by atoms with van der Waals surface area (Å²) in [4.78, 5) is 44.7. The number of anilines is 6. The third-order valence-corrected chi connectivity index (χ3v) is 23.1. The molecule has 9 heterocycles. The summed E-state index contributed by atoms with van der Waals surface area (Å²) in [5, 5.41) is 6.38. The van der Waals surface area contributed by atoms with E-state index in [0.29, 0.717) is 87.4 Å². The van der Waals surface area contributed by atoms with Crippen LogP contribution in [0.25, 0.3) is 32.7 Å². The number of hydrogen-bond acceptors (Lipinski definition) is 20. The molecule has 0 bridgehead atoms. The number of hydrogen-bond donors (Lipinski definition) is 2. The number of likely N-dealkylation sites (N-methyl/N-ethyl adjacent to an activating group) is 3. The summed E-state index contributed by atoms with van der Waals surface area (Å²) in [6.45, 7) is 24.3.